The highest BCUT2D eigenvalue weighted by molar-refractivity contribution is 7.99. The molecule has 0 N–H and O–H groups in total. The number of hydrogen-bond donors (Lipinski definition) is 0. The number of hydrogen-bond acceptors (Lipinski definition) is 9. The minimum atomic E-state index is 0.225. The third kappa shape index (κ3) is 3.35. The molecule has 1 unspecified atom stereocenters. The zero-order valence-corrected chi connectivity index (χ0v) is 20.4. The van der Waals surface area contributed by atoms with Gasteiger partial charge in [0.25, 0.3) is 0 Å². The Morgan fingerprint density at radius 1 is 1.19 bits per heavy atom. The third-order valence-corrected chi connectivity index (χ3v) is 8.62. The fraction of sp³-hybridized carbons (Fsp3) is 0.409. The van der Waals surface area contributed by atoms with Crippen LogP contribution in [0.15, 0.2) is 28.5 Å². The second-order valence-corrected chi connectivity index (χ2v) is 11.0. The summed E-state index contributed by atoms with van der Waals surface area (Å²) in [5.41, 5.74) is 3.38. The standard InChI is InChI=1S/C22H22N4O3S3/c1-11(2)15-7-13-17(8-27-15)32-20-18(13)19-24-25-22(26(19)21(23-20)30-3)31-9-12-4-5-14-16(6-12)29-10-28-14/h4-6,11,15H,7-10H2,1-3H3. The minimum absolute atomic E-state index is 0.225. The molecular weight excluding hydrogens is 464 g/mol. The molecule has 0 aliphatic carbocycles. The number of aromatic nitrogens is 4. The molecule has 0 amide bonds. The van der Waals surface area contributed by atoms with Gasteiger partial charge in [0.05, 0.1) is 18.1 Å². The molecule has 1 aromatic carbocycles. The fourth-order valence-electron chi connectivity index (χ4n) is 4.16. The average molecular weight is 487 g/mol. The lowest BCUT2D eigenvalue weighted by Crippen LogP contribution is -2.26. The zero-order chi connectivity index (χ0) is 21.8. The minimum Gasteiger partial charge on any atom is -0.454 e. The number of benzene rings is 1. The quantitative estimate of drug-likeness (QED) is 0.282. The van der Waals surface area contributed by atoms with Crippen molar-refractivity contribution >= 4 is 50.7 Å². The van der Waals surface area contributed by atoms with Crippen molar-refractivity contribution in [1.29, 1.82) is 0 Å². The molecule has 0 saturated carbocycles. The Labute approximate surface area is 197 Å². The van der Waals surface area contributed by atoms with Crippen molar-refractivity contribution in [3.63, 3.8) is 0 Å². The lowest BCUT2D eigenvalue weighted by Gasteiger charge is -2.26. The monoisotopic (exact) mass is 486 g/mol. The molecule has 0 bridgehead atoms. The summed E-state index contributed by atoms with van der Waals surface area (Å²) in [4.78, 5) is 7.28. The van der Waals surface area contributed by atoms with E-state index in [0.717, 1.165) is 55.4 Å². The van der Waals surface area contributed by atoms with Crippen LogP contribution in [0.1, 0.15) is 29.9 Å². The largest absolute Gasteiger partial charge is 0.454 e. The lowest BCUT2D eigenvalue weighted by molar-refractivity contribution is 0.00203. The smallest absolute Gasteiger partial charge is 0.231 e. The highest BCUT2D eigenvalue weighted by Gasteiger charge is 2.29. The zero-order valence-electron chi connectivity index (χ0n) is 18.0. The molecule has 0 saturated heterocycles. The Balaban J connectivity index is 1.39. The molecule has 166 valence electrons. The van der Waals surface area contributed by atoms with Gasteiger partial charge in [-0.25, -0.2) is 9.38 Å². The molecule has 0 spiro atoms. The van der Waals surface area contributed by atoms with Crippen LogP contribution < -0.4 is 9.47 Å². The van der Waals surface area contributed by atoms with E-state index in [2.05, 4.69) is 34.5 Å². The first kappa shape index (κ1) is 20.6. The van der Waals surface area contributed by atoms with Gasteiger partial charge in [-0.3, -0.25) is 0 Å². The number of ether oxygens (including phenoxy) is 3. The van der Waals surface area contributed by atoms with Crippen molar-refractivity contribution in [3.8, 4) is 11.5 Å². The molecule has 10 heteroatoms. The first-order valence-corrected chi connectivity index (χ1v) is 13.5. The molecule has 2 aliphatic heterocycles. The van der Waals surface area contributed by atoms with E-state index in [1.807, 2.05) is 18.4 Å². The molecule has 2 aliphatic rings. The van der Waals surface area contributed by atoms with Crippen LogP contribution >= 0.6 is 34.9 Å². The molecule has 0 fully saturated rings. The number of thiophene rings is 1. The van der Waals surface area contributed by atoms with Gasteiger partial charge in [-0.2, -0.15) is 0 Å². The van der Waals surface area contributed by atoms with Crippen LogP contribution in [-0.4, -0.2) is 38.7 Å². The van der Waals surface area contributed by atoms with E-state index in [0.29, 0.717) is 12.5 Å². The van der Waals surface area contributed by atoms with Gasteiger partial charge in [-0.05, 0) is 35.4 Å². The van der Waals surface area contributed by atoms with Gasteiger partial charge >= 0.3 is 0 Å². The molecular formula is C22H22N4O3S3. The Bertz CT molecular complexity index is 1330. The third-order valence-electron chi connectivity index (χ3n) is 5.88. The number of rotatable bonds is 5. The molecule has 0 radical (unpaired) electrons. The van der Waals surface area contributed by atoms with Gasteiger partial charge < -0.3 is 14.2 Å². The predicted molar refractivity (Wildman–Crippen MR) is 127 cm³/mol. The van der Waals surface area contributed by atoms with Crippen molar-refractivity contribution < 1.29 is 14.2 Å². The first-order valence-electron chi connectivity index (χ1n) is 10.5. The summed E-state index contributed by atoms with van der Waals surface area (Å²) in [6, 6.07) is 6.06. The number of fused-ring (bicyclic) bond motifs is 6. The summed E-state index contributed by atoms with van der Waals surface area (Å²) in [5, 5.41) is 12.1. The fourth-order valence-corrected chi connectivity index (χ4v) is 6.81. The summed E-state index contributed by atoms with van der Waals surface area (Å²) in [6.45, 7) is 5.37. The predicted octanol–water partition coefficient (Wildman–Crippen LogP) is 5.18. The van der Waals surface area contributed by atoms with Crippen LogP contribution in [0.25, 0.3) is 15.9 Å². The molecule has 6 rings (SSSR count). The van der Waals surface area contributed by atoms with E-state index in [-0.39, 0.29) is 12.9 Å². The van der Waals surface area contributed by atoms with Gasteiger partial charge in [-0.1, -0.05) is 43.4 Å². The maximum Gasteiger partial charge on any atom is 0.231 e. The molecule has 7 nitrogen and oxygen atoms in total. The average Bonchev–Trinajstić information content (AvgIpc) is 3.52. The van der Waals surface area contributed by atoms with E-state index < -0.39 is 0 Å². The van der Waals surface area contributed by atoms with Crippen molar-refractivity contribution in [2.45, 2.75) is 49.0 Å². The van der Waals surface area contributed by atoms with Crippen LogP contribution in [0.3, 0.4) is 0 Å². The normalized spacial score (nSPS) is 17.6. The van der Waals surface area contributed by atoms with Crippen molar-refractivity contribution in [3.05, 3.63) is 34.2 Å². The molecule has 4 aromatic rings. The molecule has 5 heterocycles. The van der Waals surface area contributed by atoms with Crippen LogP contribution in [0.5, 0.6) is 11.5 Å². The van der Waals surface area contributed by atoms with Crippen LogP contribution in [0, 0.1) is 5.92 Å². The highest BCUT2D eigenvalue weighted by atomic mass is 32.2. The number of thioether (sulfide) groups is 2. The van der Waals surface area contributed by atoms with Gasteiger partial charge in [-0.15, -0.1) is 21.5 Å². The summed E-state index contributed by atoms with van der Waals surface area (Å²) in [6.07, 6.45) is 3.17. The van der Waals surface area contributed by atoms with E-state index in [9.17, 15) is 0 Å². The Morgan fingerprint density at radius 2 is 2.06 bits per heavy atom. The van der Waals surface area contributed by atoms with Gasteiger partial charge in [0.15, 0.2) is 27.5 Å². The Hall–Kier alpha value is -2.01. The first-order chi connectivity index (χ1) is 15.6. The summed E-state index contributed by atoms with van der Waals surface area (Å²) in [7, 11) is 0. The molecule has 32 heavy (non-hydrogen) atoms. The van der Waals surface area contributed by atoms with Crippen molar-refractivity contribution in [2.75, 3.05) is 13.0 Å². The maximum absolute atomic E-state index is 6.10. The number of nitrogens with zero attached hydrogens (tertiary/aromatic N) is 4. The second-order valence-electron chi connectivity index (χ2n) is 8.20. The van der Waals surface area contributed by atoms with Gasteiger partial charge in [0, 0.05) is 17.1 Å². The summed E-state index contributed by atoms with van der Waals surface area (Å²) in [5.74, 6) is 2.83. The second kappa shape index (κ2) is 8.09. The van der Waals surface area contributed by atoms with Gasteiger partial charge in [0.1, 0.15) is 4.83 Å². The van der Waals surface area contributed by atoms with E-state index >= 15 is 0 Å². The van der Waals surface area contributed by atoms with Crippen molar-refractivity contribution in [1.82, 2.24) is 19.6 Å². The van der Waals surface area contributed by atoms with E-state index in [4.69, 9.17) is 19.2 Å². The van der Waals surface area contributed by atoms with Crippen molar-refractivity contribution in [2.24, 2.45) is 5.92 Å². The molecule has 1 atom stereocenters. The van der Waals surface area contributed by atoms with Crippen LogP contribution in [0.2, 0.25) is 0 Å². The van der Waals surface area contributed by atoms with Gasteiger partial charge in [0.2, 0.25) is 6.79 Å². The Morgan fingerprint density at radius 3 is 2.91 bits per heavy atom. The van der Waals surface area contributed by atoms with E-state index in [1.54, 1.807) is 34.9 Å². The lowest BCUT2D eigenvalue weighted by atomic mass is 9.96. The molecule has 3 aromatic heterocycles. The Kier molecular flexibility index (Phi) is 5.20. The highest BCUT2D eigenvalue weighted by Crippen LogP contribution is 2.40. The summed E-state index contributed by atoms with van der Waals surface area (Å²) < 4.78 is 19.1. The summed E-state index contributed by atoms with van der Waals surface area (Å²) >= 11 is 5.00. The SMILES string of the molecule is CSc1nc2sc3c(c2c2nnc(SCc4ccc5c(c4)OCO5)n12)CC(C(C)C)OC3. The van der Waals surface area contributed by atoms with Crippen LogP contribution in [-0.2, 0) is 23.5 Å². The topological polar surface area (TPSA) is 70.8 Å². The maximum atomic E-state index is 6.10. The van der Waals surface area contributed by atoms with E-state index in [1.165, 1.54) is 10.4 Å². The van der Waals surface area contributed by atoms with Crippen LogP contribution in [0.4, 0.5) is 0 Å².